The summed E-state index contributed by atoms with van der Waals surface area (Å²) in [5.74, 6) is 0.785. The highest BCUT2D eigenvalue weighted by Gasteiger charge is 2.11. The van der Waals surface area contributed by atoms with Gasteiger partial charge in [-0.05, 0) is 61.4 Å². The van der Waals surface area contributed by atoms with Crippen LogP contribution in [0, 0.1) is 13.8 Å². The number of thiophene rings is 1. The number of hydrogen-bond donors (Lipinski definition) is 1. The van der Waals surface area contributed by atoms with Gasteiger partial charge in [0, 0.05) is 28.2 Å². The number of anilines is 2. The van der Waals surface area contributed by atoms with Crippen LogP contribution < -0.4 is 5.32 Å². The lowest BCUT2D eigenvalue weighted by atomic mass is 10.1. The van der Waals surface area contributed by atoms with E-state index >= 15 is 0 Å². The Morgan fingerprint density at radius 2 is 1.89 bits per heavy atom. The first-order valence-corrected chi connectivity index (χ1v) is 9.52. The Kier molecular flexibility index (Phi) is 3.65. The van der Waals surface area contributed by atoms with Crippen molar-refractivity contribution in [2.24, 2.45) is 0 Å². The van der Waals surface area contributed by atoms with Crippen LogP contribution >= 0.6 is 11.3 Å². The number of imidazole rings is 1. The minimum Gasteiger partial charge on any atom is -0.339 e. The molecule has 5 aromatic rings. The van der Waals surface area contributed by atoms with Gasteiger partial charge in [0.2, 0.25) is 0 Å². The molecule has 4 heterocycles. The molecule has 0 unspecified atom stereocenters. The van der Waals surface area contributed by atoms with Gasteiger partial charge in [-0.25, -0.2) is 9.50 Å². The van der Waals surface area contributed by atoms with Gasteiger partial charge in [-0.3, -0.25) is 4.98 Å². The number of rotatable bonds is 3. The average Bonchev–Trinajstić information content (AvgIpc) is 3.28. The van der Waals surface area contributed by atoms with Gasteiger partial charge < -0.3 is 5.32 Å². The Morgan fingerprint density at radius 3 is 2.74 bits per heavy atom. The van der Waals surface area contributed by atoms with Crippen molar-refractivity contribution in [3.8, 4) is 10.6 Å². The zero-order valence-electron chi connectivity index (χ0n) is 15.0. The topological polar surface area (TPSA) is 55.1 Å². The molecule has 0 spiro atoms. The number of benzene rings is 1. The fourth-order valence-electron chi connectivity index (χ4n) is 3.09. The van der Waals surface area contributed by atoms with Gasteiger partial charge in [-0.2, -0.15) is 0 Å². The van der Waals surface area contributed by atoms with Gasteiger partial charge in [0.25, 0.3) is 0 Å². The molecular weight excluding hydrogens is 354 g/mol. The minimum atomic E-state index is 0.785. The number of fused-ring (bicyclic) bond motifs is 2. The summed E-state index contributed by atoms with van der Waals surface area (Å²) in [4.78, 5) is 9.83. The van der Waals surface area contributed by atoms with Crippen molar-refractivity contribution in [3.05, 3.63) is 72.2 Å². The number of hydrogen-bond acceptors (Lipinski definition) is 5. The summed E-state index contributed by atoms with van der Waals surface area (Å²) in [5.41, 5.74) is 5.36. The number of nitrogens with one attached hydrogen (secondary N) is 1. The maximum atomic E-state index is 4.76. The molecule has 5 nitrogen and oxygen atoms in total. The first-order chi connectivity index (χ1) is 13.2. The zero-order chi connectivity index (χ0) is 18.4. The molecule has 0 amide bonds. The van der Waals surface area contributed by atoms with E-state index in [0.717, 1.165) is 33.1 Å². The van der Waals surface area contributed by atoms with Crippen molar-refractivity contribution in [1.29, 1.82) is 0 Å². The predicted molar refractivity (Wildman–Crippen MR) is 111 cm³/mol. The number of aromatic nitrogens is 4. The molecule has 0 fully saturated rings. The first kappa shape index (κ1) is 16.0. The van der Waals surface area contributed by atoms with Crippen LogP contribution in [0.4, 0.5) is 11.5 Å². The summed E-state index contributed by atoms with van der Waals surface area (Å²) in [5, 5.41) is 9.29. The third-order valence-electron chi connectivity index (χ3n) is 4.71. The molecule has 6 heteroatoms. The molecule has 0 saturated heterocycles. The van der Waals surface area contributed by atoms with Crippen molar-refractivity contribution >= 4 is 38.6 Å². The van der Waals surface area contributed by atoms with Gasteiger partial charge in [0.1, 0.15) is 5.69 Å². The average molecular weight is 371 g/mol. The van der Waals surface area contributed by atoms with E-state index in [0.29, 0.717) is 0 Å². The molecule has 0 aliphatic carbocycles. The van der Waals surface area contributed by atoms with Crippen molar-refractivity contribution in [3.63, 3.8) is 0 Å². The summed E-state index contributed by atoms with van der Waals surface area (Å²) < 4.78 is 3.10. The molecule has 0 saturated carbocycles. The smallest absolute Gasteiger partial charge is 0.154 e. The molecule has 5 rings (SSSR count). The number of pyridine rings is 1. The largest absolute Gasteiger partial charge is 0.339 e. The Bertz CT molecular complexity index is 1250. The Balaban J connectivity index is 1.56. The molecule has 1 N–H and O–H groups in total. The van der Waals surface area contributed by atoms with Gasteiger partial charge in [0.05, 0.1) is 11.1 Å². The Morgan fingerprint density at radius 1 is 0.963 bits per heavy atom. The van der Waals surface area contributed by atoms with Crippen molar-refractivity contribution in [2.75, 3.05) is 5.32 Å². The van der Waals surface area contributed by atoms with Crippen molar-refractivity contribution < 1.29 is 0 Å². The maximum absolute atomic E-state index is 4.76. The van der Waals surface area contributed by atoms with Crippen LogP contribution in [0.3, 0.4) is 0 Å². The highest BCUT2D eigenvalue weighted by molar-refractivity contribution is 7.22. The summed E-state index contributed by atoms with van der Waals surface area (Å²) in [6.45, 7) is 4.23. The van der Waals surface area contributed by atoms with Gasteiger partial charge in [0.15, 0.2) is 11.5 Å². The van der Waals surface area contributed by atoms with Crippen LogP contribution in [0.5, 0.6) is 0 Å². The van der Waals surface area contributed by atoms with Gasteiger partial charge in [-0.1, -0.05) is 6.07 Å². The lowest BCUT2D eigenvalue weighted by Crippen LogP contribution is -2.00. The molecule has 4 aromatic heterocycles. The first-order valence-electron chi connectivity index (χ1n) is 8.70. The standard InChI is InChI=1S/C21H17N5S/c1-13-3-4-16(9-14(13)2)24-20-5-6-21-23-12-17(26(21)25-20)19-10-15-11-22-8-7-18(15)27-19/h3-12H,1-2H3,(H,24,25). The summed E-state index contributed by atoms with van der Waals surface area (Å²) in [6, 6.07) is 14.4. The van der Waals surface area contributed by atoms with E-state index in [1.807, 2.05) is 41.3 Å². The number of aryl methyl sites for hydroxylation is 2. The molecule has 0 bridgehead atoms. The molecular formula is C21H17N5S. The van der Waals surface area contributed by atoms with Gasteiger partial charge >= 0.3 is 0 Å². The fraction of sp³-hybridized carbons (Fsp3) is 0.0952. The summed E-state index contributed by atoms with van der Waals surface area (Å²) in [6.07, 6.45) is 5.58. The minimum absolute atomic E-state index is 0.785. The Labute approximate surface area is 160 Å². The SMILES string of the molecule is Cc1ccc(Nc2ccc3ncc(-c4cc5cnccc5s4)n3n2)cc1C. The second-order valence-electron chi connectivity index (χ2n) is 6.58. The maximum Gasteiger partial charge on any atom is 0.154 e. The second kappa shape index (κ2) is 6.17. The normalized spacial score (nSPS) is 11.3. The van der Waals surface area contributed by atoms with Crippen LogP contribution in [0.15, 0.2) is 61.1 Å². The van der Waals surface area contributed by atoms with E-state index in [9.17, 15) is 0 Å². The van der Waals surface area contributed by atoms with E-state index < -0.39 is 0 Å². The van der Waals surface area contributed by atoms with Crippen LogP contribution in [-0.2, 0) is 0 Å². The van der Waals surface area contributed by atoms with Crippen molar-refractivity contribution in [1.82, 2.24) is 19.6 Å². The molecule has 0 aliphatic rings. The highest BCUT2D eigenvalue weighted by Crippen LogP contribution is 2.33. The molecule has 27 heavy (non-hydrogen) atoms. The second-order valence-corrected chi connectivity index (χ2v) is 7.66. The third kappa shape index (κ3) is 2.84. The van der Waals surface area contributed by atoms with Crippen LogP contribution in [-0.4, -0.2) is 19.6 Å². The molecule has 1 aromatic carbocycles. The van der Waals surface area contributed by atoms with Crippen LogP contribution in [0.1, 0.15) is 11.1 Å². The third-order valence-corrected chi connectivity index (χ3v) is 5.85. The molecule has 132 valence electrons. The van der Waals surface area contributed by atoms with Gasteiger partial charge in [-0.15, -0.1) is 16.4 Å². The van der Waals surface area contributed by atoms with E-state index in [1.54, 1.807) is 11.3 Å². The van der Waals surface area contributed by atoms with E-state index in [4.69, 9.17) is 5.10 Å². The van der Waals surface area contributed by atoms with Crippen LogP contribution in [0.2, 0.25) is 0 Å². The lowest BCUT2D eigenvalue weighted by molar-refractivity contribution is 0.950. The molecule has 0 atom stereocenters. The van der Waals surface area contributed by atoms with E-state index in [1.165, 1.54) is 15.8 Å². The van der Waals surface area contributed by atoms with Crippen molar-refractivity contribution in [2.45, 2.75) is 13.8 Å². The molecule has 0 radical (unpaired) electrons. The molecule has 0 aliphatic heterocycles. The monoisotopic (exact) mass is 371 g/mol. The summed E-state index contributed by atoms with van der Waals surface area (Å²) >= 11 is 1.72. The highest BCUT2D eigenvalue weighted by atomic mass is 32.1. The quantitative estimate of drug-likeness (QED) is 0.463. The zero-order valence-corrected chi connectivity index (χ0v) is 15.8. The Hall–Kier alpha value is -3.25. The number of nitrogens with zero attached hydrogens (tertiary/aromatic N) is 4. The predicted octanol–water partition coefficient (Wildman–Crippen LogP) is 5.37. The van der Waals surface area contributed by atoms with E-state index in [2.05, 4.69) is 53.4 Å². The van der Waals surface area contributed by atoms with E-state index in [-0.39, 0.29) is 0 Å². The lowest BCUT2D eigenvalue weighted by Gasteiger charge is -2.08. The summed E-state index contributed by atoms with van der Waals surface area (Å²) in [7, 11) is 0. The van der Waals surface area contributed by atoms with Crippen LogP contribution in [0.25, 0.3) is 26.3 Å². The fourth-order valence-corrected chi connectivity index (χ4v) is 4.11.